The second kappa shape index (κ2) is 7.72. The number of nitrogens with zero attached hydrogens (tertiary/aromatic N) is 1. The van der Waals surface area contributed by atoms with Crippen LogP contribution in [-0.2, 0) is 9.59 Å². The molecule has 1 saturated carbocycles. The van der Waals surface area contributed by atoms with Crippen molar-refractivity contribution in [3.63, 3.8) is 0 Å². The maximum absolute atomic E-state index is 12.6. The second-order valence-corrected chi connectivity index (χ2v) is 7.17. The Hall–Kier alpha value is -2.63. The minimum atomic E-state index is -0.0863. The van der Waals surface area contributed by atoms with Gasteiger partial charge in [-0.15, -0.1) is 0 Å². The molecule has 0 saturated heterocycles. The lowest BCUT2D eigenvalue weighted by Gasteiger charge is -2.27. The van der Waals surface area contributed by atoms with Crippen LogP contribution in [0.25, 0.3) is 0 Å². The van der Waals surface area contributed by atoms with E-state index in [1.807, 2.05) is 32.0 Å². The van der Waals surface area contributed by atoms with E-state index in [1.54, 1.807) is 13.0 Å². The Kier molecular flexibility index (Phi) is 5.40. The van der Waals surface area contributed by atoms with Crippen LogP contribution in [-0.4, -0.2) is 17.0 Å². The molecule has 1 fully saturated rings. The molecule has 1 heterocycles. The number of carbonyl (C=O) groups excluding carboxylic acids is 2. The van der Waals surface area contributed by atoms with Gasteiger partial charge in [-0.25, -0.2) is 0 Å². The number of rotatable bonds is 4. The van der Waals surface area contributed by atoms with E-state index in [9.17, 15) is 9.59 Å². The highest BCUT2D eigenvalue weighted by Gasteiger charge is 2.30. The van der Waals surface area contributed by atoms with Crippen molar-refractivity contribution in [3.8, 4) is 0 Å². The summed E-state index contributed by atoms with van der Waals surface area (Å²) in [6.45, 7) is 5.78. The topological polar surface area (TPSA) is 84.2 Å². The van der Waals surface area contributed by atoms with Crippen molar-refractivity contribution in [2.45, 2.75) is 46.5 Å². The molecular weight excluding hydrogens is 330 g/mol. The maximum atomic E-state index is 12.6. The van der Waals surface area contributed by atoms with E-state index in [4.69, 9.17) is 4.52 Å². The van der Waals surface area contributed by atoms with Gasteiger partial charge in [-0.05, 0) is 63.6 Å². The zero-order valence-electron chi connectivity index (χ0n) is 15.5. The van der Waals surface area contributed by atoms with E-state index in [1.165, 1.54) is 0 Å². The molecule has 0 bridgehead atoms. The molecule has 0 radical (unpaired) electrons. The summed E-state index contributed by atoms with van der Waals surface area (Å²) in [5.74, 6) is 0.968. The number of aryl methyl sites for hydroxylation is 3. The molecule has 2 amide bonds. The molecule has 1 aromatic carbocycles. The standard InChI is InChI=1S/C20H25N3O3/c1-12-4-5-13(2)17(10-12)21-19(24)15-6-8-16(9-7-15)20(25)22-18-11-14(3)26-23-18/h4-5,10-11,15-16H,6-9H2,1-3H3,(H,21,24)(H,22,23,25). The normalized spacial score (nSPS) is 19.8. The van der Waals surface area contributed by atoms with Gasteiger partial charge >= 0.3 is 0 Å². The van der Waals surface area contributed by atoms with Crippen LogP contribution in [0.3, 0.4) is 0 Å². The number of hydrogen-bond donors (Lipinski definition) is 2. The molecule has 26 heavy (non-hydrogen) atoms. The highest BCUT2D eigenvalue weighted by molar-refractivity contribution is 5.94. The summed E-state index contributed by atoms with van der Waals surface area (Å²) in [5.41, 5.74) is 3.05. The fourth-order valence-corrected chi connectivity index (χ4v) is 3.38. The second-order valence-electron chi connectivity index (χ2n) is 7.17. The summed E-state index contributed by atoms with van der Waals surface area (Å²) >= 11 is 0. The summed E-state index contributed by atoms with van der Waals surface area (Å²) in [6.07, 6.45) is 2.83. The number of aromatic nitrogens is 1. The van der Waals surface area contributed by atoms with Gasteiger partial charge in [0, 0.05) is 23.6 Å². The van der Waals surface area contributed by atoms with Gasteiger partial charge in [0.05, 0.1) is 0 Å². The molecule has 0 unspecified atom stereocenters. The SMILES string of the molecule is Cc1ccc(C)c(NC(=O)C2CCC(C(=O)Nc3cc(C)on3)CC2)c1. The van der Waals surface area contributed by atoms with Gasteiger partial charge in [0.2, 0.25) is 11.8 Å². The highest BCUT2D eigenvalue weighted by Crippen LogP contribution is 2.31. The third-order valence-corrected chi connectivity index (χ3v) is 5.00. The summed E-state index contributed by atoms with van der Waals surface area (Å²) < 4.78 is 4.96. The number of benzene rings is 1. The van der Waals surface area contributed by atoms with E-state index in [0.29, 0.717) is 37.3 Å². The van der Waals surface area contributed by atoms with Gasteiger partial charge in [0.15, 0.2) is 5.82 Å². The number of nitrogens with one attached hydrogen (secondary N) is 2. The van der Waals surface area contributed by atoms with Crippen LogP contribution < -0.4 is 10.6 Å². The first-order valence-corrected chi connectivity index (χ1v) is 9.04. The average molecular weight is 355 g/mol. The van der Waals surface area contributed by atoms with Gasteiger partial charge in [-0.1, -0.05) is 17.3 Å². The minimum absolute atomic E-state index is 0.0460. The number of carbonyl (C=O) groups is 2. The Morgan fingerprint density at radius 3 is 2.15 bits per heavy atom. The minimum Gasteiger partial charge on any atom is -0.360 e. The largest absolute Gasteiger partial charge is 0.360 e. The van der Waals surface area contributed by atoms with Crippen LogP contribution in [0.2, 0.25) is 0 Å². The molecule has 1 aliphatic carbocycles. The van der Waals surface area contributed by atoms with Gasteiger partial charge < -0.3 is 15.2 Å². The summed E-state index contributed by atoms with van der Waals surface area (Å²) in [5, 5.41) is 9.62. The van der Waals surface area contributed by atoms with Gasteiger partial charge in [-0.3, -0.25) is 9.59 Å². The molecule has 6 nitrogen and oxygen atoms in total. The molecule has 6 heteroatoms. The quantitative estimate of drug-likeness (QED) is 0.869. The third-order valence-electron chi connectivity index (χ3n) is 5.00. The smallest absolute Gasteiger partial charge is 0.228 e. The molecule has 0 atom stereocenters. The predicted molar refractivity (Wildman–Crippen MR) is 99.9 cm³/mol. The van der Waals surface area contributed by atoms with Crippen molar-refractivity contribution in [1.82, 2.24) is 5.16 Å². The van der Waals surface area contributed by atoms with E-state index in [-0.39, 0.29) is 23.7 Å². The fourth-order valence-electron chi connectivity index (χ4n) is 3.38. The van der Waals surface area contributed by atoms with Crippen molar-refractivity contribution in [1.29, 1.82) is 0 Å². The van der Waals surface area contributed by atoms with Crippen LogP contribution in [0.1, 0.15) is 42.6 Å². The molecule has 1 aliphatic rings. The lowest BCUT2D eigenvalue weighted by Crippen LogP contribution is -2.32. The molecule has 0 aliphatic heterocycles. The van der Waals surface area contributed by atoms with Crippen LogP contribution in [0, 0.1) is 32.6 Å². The summed E-state index contributed by atoms with van der Waals surface area (Å²) in [6, 6.07) is 7.73. The van der Waals surface area contributed by atoms with E-state index in [2.05, 4.69) is 15.8 Å². The molecular formula is C20H25N3O3. The van der Waals surface area contributed by atoms with Crippen molar-refractivity contribution >= 4 is 23.3 Å². The first-order chi connectivity index (χ1) is 12.4. The fraction of sp³-hybridized carbons (Fsp3) is 0.450. The van der Waals surface area contributed by atoms with Crippen molar-refractivity contribution in [3.05, 3.63) is 41.2 Å². The lowest BCUT2D eigenvalue weighted by atomic mass is 9.81. The predicted octanol–water partition coefficient (Wildman–Crippen LogP) is 3.98. The Morgan fingerprint density at radius 2 is 1.58 bits per heavy atom. The lowest BCUT2D eigenvalue weighted by molar-refractivity contribution is -0.125. The molecule has 2 N–H and O–H groups in total. The van der Waals surface area contributed by atoms with Gasteiger partial charge in [0.1, 0.15) is 5.76 Å². The molecule has 0 spiro atoms. The number of hydrogen-bond acceptors (Lipinski definition) is 4. The van der Waals surface area contributed by atoms with E-state index >= 15 is 0 Å². The first kappa shape index (κ1) is 18.2. The number of anilines is 2. The number of amides is 2. The van der Waals surface area contributed by atoms with Crippen LogP contribution in [0.4, 0.5) is 11.5 Å². The van der Waals surface area contributed by atoms with E-state index < -0.39 is 0 Å². The summed E-state index contributed by atoms with van der Waals surface area (Å²) in [7, 11) is 0. The first-order valence-electron chi connectivity index (χ1n) is 9.04. The third kappa shape index (κ3) is 4.31. The zero-order chi connectivity index (χ0) is 18.7. The van der Waals surface area contributed by atoms with Crippen LogP contribution >= 0.6 is 0 Å². The van der Waals surface area contributed by atoms with Crippen molar-refractivity contribution in [2.75, 3.05) is 10.6 Å². The van der Waals surface area contributed by atoms with Crippen molar-refractivity contribution in [2.24, 2.45) is 11.8 Å². The highest BCUT2D eigenvalue weighted by atomic mass is 16.5. The Morgan fingerprint density at radius 1 is 0.962 bits per heavy atom. The Labute approximate surface area is 153 Å². The monoisotopic (exact) mass is 355 g/mol. The van der Waals surface area contributed by atoms with Gasteiger partial charge in [0.25, 0.3) is 0 Å². The molecule has 2 aromatic rings. The van der Waals surface area contributed by atoms with E-state index in [0.717, 1.165) is 16.8 Å². The van der Waals surface area contributed by atoms with Crippen molar-refractivity contribution < 1.29 is 14.1 Å². The summed E-state index contributed by atoms with van der Waals surface area (Å²) in [4.78, 5) is 24.9. The van der Waals surface area contributed by atoms with Gasteiger partial charge in [-0.2, -0.15) is 0 Å². The van der Waals surface area contributed by atoms with Crippen LogP contribution in [0.5, 0.6) is 0 Å². The molecule has 3 rings (SSSR count). The average Bonchev–Trinajstić information content (AvgIpc) is 3.03. The molecule has 138 valence electrons. The Balaban J connectivity index is 1.52. The molecule has 1 aromatic heterocycles. The van der Waals surface area contributed by atoms with Crippen LogP contribution in [0.15, 0.2) is 28.8 Å². The maximum Gasteiger partial charge on any atom is 0.228 e. The Bertz CT molecular complexity index is 804. The zero-order valence-corrected chi connectivity index (χ0v) is 15.5.